The summed E-state index contributed by atoms with van der Waals surface area (Å²) < 4.78 is 23.3. The molecule has 1 aromatic heterocycles. The van der Waals surface area contributed by atoms with Gasteiger partial charge in [-0.25, -0.2) is 9.59 Å². The molecule has 2 heterocycles. The summed E-state index contributed by atoms with van der Waals surface area (Å²) in [5, 5.41) is 36.7. The first-order valence-corrected chi connectivity index (χ1v) is 15.9. The molecule has 1 unspecified atom stereocenters. The van der Waals surface area contributed by atoms with Crippen LogP contribution in [0.25, 0.3) is 0 Å². The molecule has 5 N–H and O–H groups in total. The van der Waals surface area contributed by atoms with Crippen molar-refractivity contribution in [2.24, 2.45) is 29.6 Å². The zero-order valence-electron chi connectivity index (χ0n) is 26.2. The monoisotopic (exact) mass is 616 g/mol. The molecule has 0 radical (unpaired) electrons. The molecule has 3 aliphatic carbocycles. The number of cyclic esters (lactones) is 1. The van der Waals surface area contributed by atoms with Gasteiger partial charge in [0.05, 0.1) is 17.8 Å². The molecule has 2 fully saturated rings. The predicted octanol–water partition coefficient (Wildman–Crippen LogP) is 2.83. The lowest BCUT2D eigenvalue weighted by Gasteiger charge is -2.45. The molecule has 0 amide bonds. The van der Waals surface area contributed by atoms with Crippen molar-refractivity contribution in [1.82, 2.24) is 10.3 Å². The van der Waals surface area contributed by atoms with Crippen molar-refractivity contribution >= 4 is 11.9 Å². The number of hydrogen-bond acceptors (Lipinski definition) is 10. The maximum Gasteiger partial charge on any atom is 0.355 e. The van der Waals surface area contributed by atoms with E-state index in [2.05, 4.69) is 10.3 Å². The van der Waals surface area contributed by atoms with Crippen LogP contribution in [0, 0.1) is 29.6 Å². The number of rotatable bonds is 9. The van der Waals surface area contributed by atoms with E-state index in [-0.39, 0.29) is 36.1 Å². The van der Waals surface area contributed by atoms with Crippen LogP contribution in [0.1, 0.15) is 70.3 Å². The number of carbonyl (C=O) groups excluding carboxylic acids is 2. The van der Waals surface area contributed by atoms with Crippen LogP contribution in [0.5, 0.6) is 0 Å². The fourth-order valence-electron chi connectivity index (χ4n) is 7.29. The lowest BCUT2D eigenvalue weighted by molar-refractivity contribution is -0.200. The number of aliphatic hydroxyl groups excluding tert-OH is 2. The predicted molar refractivity (Wildman–Crippen MR) is 160 cm³/mol. The van der Waals surface area contributed by atoms with E-state index in [1.165, 1.54) is 7.11 Å². The Kier molecular flexibility index (Phi) is 10.0. The molecule has 4 aliphatic rings. The topological polar surface area (TPSA) is 160 Å². The number of nitrogens with one attached hydrogen (secondary N) is 2. The van der Waals surface area contributed by atoms with E-state index in [4.69, 9.17) is 18.9 Å². The van der Waals surface area contributed by atoms with Gasteiger partial charge >= 0.3 is 11.9 Å². The summed E-state index contributed by atoms with van der Waals surface area (Å²) in [6, 6.07) is 3.60. The van der Waals surface area contributed by atoms with Gasteiger partial charge in [0, 0.05) is 43.0 Å². The maximum atomic E-state index is 13.4. The summed E-state index contributed by atoms with van der Waals surface area (Å²) in [6.45, 7) is 7.41. The minimum Gasteiger partial charge on any atom is -0.457 e. The van der Waals surface area contributed by atoms with Crippen LogP contribution in [-0.2, 0) is 23.7 Å². The molecule has 244 valence electrons. The maximum absolute atomic E-state index is 13.4. The number of aromatic nitrogens is 1. The summed E-state index contributed by atoms with van der Waals surface area (Å²) in [7, 11) is 1.45. The molecule has 0 spiro atoms. The fraction of sp³-hybridized carbons (Fsp3) is 0.697. The fourth-order valence-corrected chi connectivity index (χ4v) is 7.29. The molecule has 0 saturated heterocycles. The highest BCUT2D eigenvalue weighted by Crippen LogP contribution is 2.48. The van der Waals surface area contributed by atoms with Crippen LogP contribution in [-0.4, -0.2) is 87.9 Å². The zero-order chi connectivity index (χ0) is 31.8. The average molecular weight is 617 g/mol. The smallest absolute Gasteiger partial charge is 0.355 e. The van der Waals surface area contributed by atoms with Gasteiger partial charge in [-0.1, -0.05) is 32.1 Å². The minimum absolute atomic E-state index is 0.192. The number of H-pyrrole nitrogens is 1. The Morgan fingerprint density at radius 3 is 2.64 bits per heavy atom. The van der Waals surface area contributed by atoms with Gasteiger partial charge in [-0.2, -0.15) is 0 Å². The Balaban J connectivity index is 1.40. The SMILES string of the molecule is CO[C@H]1C[C@H]2C=C[C@@H]([C@H]3C[C@H](O)[C@@H](C)[C@H]3OC(=O)c3ccc[nH]3)C[C@]2(O)/C(C)=C/[C@@H](C)[C@@H]([C@@H](C)OC(O)NC2CC2)OC1=O. The van der Waals surface area contributed by atoms with E-state index >= 15 is 0 Å². The molecule has 0 aromatic carbocycles. The van der Waals surface area contributed by atoms with Gasteiger partial charge in [0.2, 0.25) is 6.41 Å². The highest BCUT2D eigenvalue weighted by Gasteiger charge is 2.51. The van der Waals surface area contributed by atoms with Crippen molar-refractivity contribution in [2.75, 3.05) is 7.11 Å². The van der Waals surface area contributed by atoms with Crippen molar-refractivity contribution in [3.8, 4) is 0 Å². The van der Waals surface area contributed by atoms with E-state index in [1.54, 1.807) is 25.3 Å². The number of fused-ring (bicyclic) bond motifs is 1. The van der Waals surface area contributed by atoms with Gasteiger partial charge < -0.3 is 39.3 Å². The second-order valence-electron chi connectivity index (χ2n) is 13.3. The standard InChI is InChI=1S/C33H48N2O9/c1-17-13-18(2)33(40)16-21(24-15-26(36)19(3)29(24)44-30(37)25-7-6-12-34-25)8-9-22(33)14-27(41-5)31(38)43-28(17)20(4)42-32(39)35-23-10-11-23/h6-9,12-13,17,19-24,26-29,32,34-36,39-40H,10-11,14-16H2,1-5H3/b18-13+/t17-,19-,20-,21-,22-,24-,26+,27+,28+,29-,32?,33+/m1/s1. The van der Waals surface area contributed by atoms with E-state index in [1.807, 2.05) is 39.0 Å². The van der Waals surface area contributed by atoms with Crippen LogP contribution < -0.4 is 5.32 Å². The van der Waals surface area contributed by atoms with Gasteiger partial charge in [-0.15, -0.1) is 0 Å². The molecule has 12 atom stereocenters. The largest absolute Gasteiger partial charge is 0.457 e. The summed E-state index contributed by atoms with van der Waals surface area (Å²) in [5.74, 6) is -2.54. The van der Waals surface area contributed by atoms with Crippen LogP contribution in [0.2, 0.25) is 0 Å². The Hall–Kier alpha value is -2.54. The van der Waals surface area contributed by atoms with E-state index in [0.717, 1.165) is 18.4 Å². The Morgan fingerprint density at radius 1 is 1.23 bits per heavy atom. The molecule has 1 aromatic rings. The highest BCUT2D eigenvalue weighted by atomic mass is 16.6. The number of hydrogen-bond donors (Lipinski definition) is 5. The Morgan fingerprint density at radius 2 is 1.98 bits per heavy atom. The first-order valence-electron chi connectivity index (χ1n) is 15.9. The molecule has 11 nitrogen and oxygen atoms in total. The second-order valence-corrected chi connectivity index (χ2v) is 13.3. The van der Waals surface area contributed by atoms with Crippen molar-refractivity contribution in [3.05, 3.63) is 47.8 Å². The van der Waals surface area contributed by atoms with Gasteiger partial charge in [0.15, 0.2) is 6.10 Å². The normalized spacial score (nSPS) is 40.3. The molecule has 1 aliphatic heterocycles. The first kappa shape index (κ1) is 32.8. The Bertz CT molecular complexity index is 1210. The second kappa shape index (κ2) is 13.4. The number of aromatic amines is 1. The quantitative estimate of drug-likeness (QED) is 0.159. The molecular weight excluding hydrogens is 568 g/mol. The summed E-state index contributed by atoms with van der Waals surface area (Å²) in [4.78, 5) is 29.1. The van der Waals surface area contributed by atoms with Gasteiger partial charge in [-0.3, -0.25) is 5.32 Å². The number of esters is 2. The summed E-state index contributed by atoms with van der Waals surface area (Å²) in [6.07, 6.45) is 5.70. The minimum atomic E-state index is -1.34. The van der Waals surface area contributed by atoms with Crippen molar-refractivity contribution in [2.45, 2.75) is 108 Å². The first-order chi connectivity index (χ1) is 20.9. The van der Waals surface area contributed by atoms with Crippen LogP contribution in [0.15, 0.2) is 42.1 Å². The average Bonchev–Trinajstić information content (AvgIpc) is 3.51. The highest BCUT2D eigenvalue weighted by molar-refractivity contribution is 5.87. The number of carbonyl (C=O) groups is 2. The lowest BCUT2D eigenvalue weighted by atomic mass is 9.65. The molecule has 0 bridgehead atoms. The third kappa shape index (κ3) is 6.98. The Labute approximate surface area is 259 Å². The van der Waals surface area contributed by atoms with E-state index in [0.29, 0.717) is 18.5 Å². The van der Waals surface area contributed by atoms with E-state index in [9.17, 15) is 24.9 Å². The van der Waals surface area contributed by atoms with Gasteiger partial charge in [-0.05, 0) is 69.6 Å². The molecule has 44 heavy (non-hydrogen) atoms. The van der Waals surface area contributed by atoms with Crippen LogP contribution >= 0.6 is 0 Å². The summed E-state index contributed by atoms with van der Waals surface area (Å²) >= 11 is 0. The van der Waals surface area contributed by atoms with Crippen molar-refractivity contribution in [3.63, 3.8) is 0 Å². The molecule has 11 heteroatoms. The number of aliphatic hydroxyl groups is 3. The lowest BCUT2D eigenvalue weighted by Crippen LogP contribution is -2.49. The van der Waals surface area contributed by atoms with Crippen molar-refractivity contribution < 1.29 is 43.9 Å². The van der Waals surface area contributed by atoms with Crippen LogP contribution in [0.4, 0.5) is 0 Å². The molecule has 5 rings (SSSR count). The molecular formula is C33H48N2O9. The number of methoxy groups -OCH3 is 1. The van der Waals surface area contributed by atoms with Gasteiger partial charge in [0.25, 0.3) is 0 Å². The number of allylic oxidation sites excluding steroid dienone is 1. The van der Waals surface area contributed by atoms with Crippen LogP contribution in [0.3, 0.4) is 0 Å². The zero-order valence-corrected chi connectivity index (χ0v) is 26.2. The summed E-state index contributed by atoms with van der Waals surface area (Å²) in [5.41, 5.74) is -0.275. The van der Waals surface area contributed by atoms with Crippen molar-refractivity contribution in [1.29, 1.82) is 0 Å². The van der Waals surface area contributed by atoms with E-state index < -0.39 is 60.4 Å². The molecule has 2 saturated carbocycles. The third-order valence-electron chi connectivity index (χ3n) is 10.2. The third-order valence-corrected chi connectivity index (χ3v) is 10.2. The number of ether oxygens (including phenoxy) is 4. The van der Waals surface area contributed by atoms with Gasteiger partial charge in [0.1, 0.15) is 17.9 Å².